The molecule has 3 rings (SSSR count). The number of urea groups is 1. The van der Waals surface area contributed by atoms with E-state index in [0.29, 0.717) is 35.6 Å². The number of nitrogens with one attached hydrogen (secondary N) is 3. The minimum Gasteiger partial charge on any atom is -0.755 e. The van der Waals surface area contributed by atoms with Crippen LogP contribution in [0.15, 0.2) is 72.8 Å². The first kappa shape index (κ1) is 24.9. The van der Waals surface area contributed by atoms with Gasteiger partial charge in [0.15, 0.2) is 0 Å². The Labute approximate surface area is 202 Å². The average Bonchev–Trinajstić information content (AvgIpc) is 2.82. The smallest absolute Gasteiger partial charge is 0.322 e. The van der Waals surface area contributed by atoms with Crippen LogP contribution < -0.4 is 15.8 Å². The third-order valence-corrected chi connectivity index (χ3v) is 5.62. The van der Waals surface area contributed by atoms with Gasteiger partial charge >= 0.3 is 6.03 Å². The molecule has 178 valence electrons. The molecule has 1 atom stereocenters. The van der Waals surface area contributed by atoms with Gasteiger partial charge in [-0.05, 0) is 35.7 Å². The normalized spacial score (nSPS) is 11.5. The first-order chi connectivity index (χ1) is 16.4. The lowest BCUT2D eigenvalue weighted by molar-refractivity contribution is 0.208. The van der Waals surface area contributed by atoms with Crippen LogP contribution in [0.25, 0.3) is 11.1 Å². The molecule has 1 unspecified atom stereocenters. The number of nitrogen functional groups attached to an aromatic ring is 1. The number of carbonyl (C=O) groups is 1. The highest BCUT2D eigenvalue weighted by molar-refractivity contribution is 7.80. The van der Waals surface area contributed by atoms with Gasteiger partial charge in [0, 0.05) is 41.2 Å². The lowest BCUT2D eigenvalue weighted by Crippen LogP contribution is -2.35. The molecule has 2 amide bonds. The Morgan fingerprint density at radius 3 is 2.53 bits per heavy atom. The number of amides is 2. The van der Waals surface area contributed by atoms with Gasteiger partial charge in [0.2, 0.25) is 0 Å². The maximum absolute atomic E-state index is 13.1. The summed E-state index contributed by atoms with van der Waals surface area (Å²) in [6.45, 7) is 2.95. The molecule has 0 saturated carbocycles. The van der Waals surface area contributed by atoms with Crippen molar-refractivity contribution in [3.05, 3.63) is 83.9 Å². The molecular weight excluding hydrogens is 450 g/mol. The molecule has 0 aliphatic heterocycles. The number of hydrogen-bond acceptors (Lipinski definition) is 4. The number of nitrogens with two attached hydrogens (primary N) is 1. The molecule has 3 aromatic rings. The number of hydrogen-bond donors (Lipinski definition) is 4. The van der Waals surface area contributed by atoms with E-state index < -0.39 is 11.3 Å². The first-order valence-corrected chi connectivity index (χ1v) is 12.0. The standard InChI is InChI=1S/C25H29N5O3S/c1-2-3-14-30(17-18-8-7-11-20(15-18)24(26)27)25(31)28-21-12-13-22(19-9-5-4-6-10-19)23(16-21)29-34(32)33/h4-13,15-16,29H,2-3,14,17H2,1H3,(H3,26,27)(H,28,31)(H,32,33)/p-1. The number of nitrogens with zero attached hydrogens (tertiary/aromatic N) is 1. The summed E-state index contributed by atoms with van der Waals surface area (Å²) in [6, 6.07) is 21.5. The Balaban J connectivity index is 1.83. The summed E-state index contributed by atoms with van der Waals surface area (Å²) in [7, 11) is 0. The van der Waals surface area contributed by atoms with Crippen LogP contribution in [0.4, 0.5) is 16.2 Å². The lowest BCUT2D eigenvalue weighted by atomic mass is 10.0. The minimum atomic E-state index is -2.52. The number of amidine groups is 1. The number of carbonyl (C=O) groups excluding carboxylic acids is 1. The van der Waals surface area contributed by atoms with E-state index in [-0.39, 0.29) is 11.9 Å². The first-order valence-electron chi connectivity index (χ1n) is 10.9. The Morgan fingerprint density at radius 2 is 1.85 bits per heavy atom. The van der Waals surface area contributed by atoms with E-state index in [1.165, 1.54) is 0 Å². The molecular formula is C25H28N5O3S-. The molecule has 0 aliphatic carbocycles. The van der Waals surface area contributed by atoms with Crippen molar-refractivity contribution in [3.63, 3.8) is 0 Å². The van der Waals surface area contributed by atoms with E-state index in [1.54, 1.807) is 35.2 Å². The van der Waals surface area contributed by atoms with Gasteiger partial charge in [-0.1, -0.05) is 67.9 Å². The molecule has 0 spiro atoms. The number of rotatable bonds is 10. The summed E-state index contributed by atoms with van der Waals surface area (Å²) in [5, 5.41) is 10.5. The summed E-state index contributed by atoms with van der Waals surface area (Å²) in [4.78, 5) is 14.8. The molecule has 0 bridgehead atoms. The summed E-state index contributed by atoms with van der Waals surface area (Å²) in [6.07, 6.45) is 1.75. The second kappa shape index (κ2) is 12.0. The van der Waals surface area contributed by atoms with E-state index in [9.17, 15) is 13.6 Å². The lowest BCUT2D eigenvalue weighted by Gasteiger charge is -2.24. The van der Waals surface area contributed by atoms with E-state index in [1.807, 2.05) is 42.5 Å². The Hall–Kier alpha value is -3.69. The summed E-state index contributed by atoms with van der Waals surface area (Å²) >= 11 is -2.52. The van der Waals surface area contributed by atoms with Crippen LogP contribution in [-0.2, 0) is 17.8 Å². The largest absolute Gasteiger partial charge is 0.755 e. The highest BCUT2D eigenvalue weighted by atomic mass is 32.2. The fourth-order valence-electron chi connectivity index (χ4n) is 3.53. The van der Waals surface area contributed by atoms with Crippen molar-refractivity contribution in [2.45, 2.75) is 26.3 Å². The monoisotopic (exact) mass is 478 g/mol. The number of unbranched alkanes of at least 4 members (excludes halogenated alkanes) is 1. The zero-order chi connectivity index (χ0) is 24.5. The molecule has 8 nitrogen and oxygen atoms in total. The molecule has 5 N–H and O–H groups in total. The van der Waals surface area contributed by atoms with Crippen LogP contribution in [0.3, 0.4) is 0 Å². The van der Waals surface area contributed by atoms with Crippen molar-refractivity contribution in [2.75, 3.05) is 16.6 Å². The zero-order valence-corrected chi connectivity index (χ0v) is 19.7. The average molecular weight is 479 g/mol. The fraction of sp³-hybridized carbons (Fsp3) is 0.200. The molecule has 0 aromatic heterocycles. The van der Waals surface area contributed by atoms with Gasteiger partial charge in [0.25, 0.3) is 0 Å². The van der Waals surface area contributed by atoms with Crippen molar-refractivity contribution >= 4 is 34.5 Å². The highest BCUT2D eigenvalue weighted by Crippen LogP contribution is 2.31. The SMILES string of the molecule is CCCCN(Cc1cccc(C(=N)N)c1)C(=O)Nc1ccc(-c2ccccc2)c(NS(=O)[O-])c1. The maximum atomic E-state index is 13.1. The Kier molecular flexibility index (Phi) is 8.78. The third kappa shape index (κ3) is 6.90. The summed E-state index contributed by atoms with van der Waals surface area (Å²) in [5.41, 5.74) is 9.45. The van der Waals surface area contributed by atoms with Crippen molar-refractivity contribution in [1.29, 1.82) is 5.41 Å². The molecule has 0 heterocycles. The van der Waals surface area contributed by atoms with Gasteiger partial charge in [-0.25, -0.2) is 4.79 Å². The van der Waals surface area contributed by atoms with Crippen LogP contribution in [0, 0.1) is 5.41 Å². The van der Waals surface area contributed by atoms with Gasteiger partial charge in [-0.15, -0.1) is 0 Å². The third-order valence-electron chi connectivity index (χ3n) is 5.23. The second-order valence-electron chi connectivity index (χ2n) is 7.78. The molecule has 0 saturated heterocycles. The van der Waals surface area contributed by atoms with Gasteiger partial charge in [-0.2, -0.15) is 0 Å². The minimum absolute atomic E-state index is 0.0271. The van der Waals surface area contributed by atoms with Crippen LogP contribution >= 0.6 is 0 Å². The molecule has 0 fully saturated rings. The number of anilines is 2. The van der Waals surface area contributed by atoms with Crippen molar-refractivity contribution in [1.82, 2.24) is 4.90 Å². The Bertz CT molecular complexity index is 1170. The van der Waals surface area contributed by atoms with Crippen LogP contribution in [0.2, 0.25) is 0 Å². The van der Waals surface area contributed by atoms with Crippen LogP contribution in [-0.4, -0.2) is 32.1 Å². The molecule has 3 aromatic carbocycles. The van der Waals surface area contributed by atoms with Gasteiger partial charge in [0.1, 0.15) is 5.84 Å². The van der Waals surface area contributed by atoms with Gasteiger partial charge in [0.05, 0.1) is 5.69 Å². The number of benzene rings is 3. The second-order valence-corrected chi connectivity index (χ2v) is 8.46. The van der Waals surface area contributed by atoms with E-state index in [2.05, 4.69) is 17.0 Å². The predicted octanol–water partition coefficient (Wildman–Crippen LogP) is 4.68. The maximum Gasteiger partial charge on any atom is 0.322 e. The summed E-state index contributed by atoms with van der Waals surface area (Å²) in [5.74, 6) is -0.0271. The summed E-state index contributed by atoms with van der Waals surface area (Å²) < 4.78 is 25.1. The molecule has 0 aliphatic rings. The van der Waals surface area contributed by atoms with E-state index >= 15 is 0 Å². The van der Waals surface area contributed by atoms with Crippen molar-refractivity contribution in [2.24, 2.45) is 5.73 Å². The van der Waals surface area contributed by atoms with E-state index in [4.69, 9.17) is 11.1 Å². The Morgan fingerprint density at radius 1 is 1.09 bits per heavy atom. The fourth-order valence-corrected chi connectivity index (χ4v) is 3.88. The van der Waals surface area contributed by atoms with Gasteiger partial charge in [-0.3, -0.25) is 9.62 Å². The van der Waals surface area contributed by atoms with Crippen molar-refractivity contribution in [3.8, 4) is 11.1 Å². The topological polar surface area (TPSA) is 134 Å². The predicted molar refractivity (Wildman–Crippen MR) is 136 cm³/mol. The quantitative estimate of drug-likeness (QED) is 0.191. The zero-order valence-electron chi connectivity index (χ0n) is 18.9. The van der Waals surface area contributed by atoms with E-state index in [0.717, 1.165) is 24.0 Å². The highest BCUT2D eigenvalue weighted by Gasteiger charge is 2.16. The van der Waals surface area contributed by atoms with Crippen LogP contribution in [0.5, 0.6) is 0 Å². The molecule has 9 heteroatoms. The molecule has 34 heavy (non-hydrogen) atoms. The molecule has 0 radical (unpaired) electrons. The van der Waals surface area contributed by atoms with Gasteiger partial charge < -0.3 is 25.2 Å². The van der Waals surface area contributed by atoms with Crippen molar-refractivity contribution < 1.29 is 13.6 Å². The van der Waals surface area contributed by atoms with Crippen LogP contribution in [0.1, 0.15) is 30.9 Å².